The average molecular weight is 495 g/mol. The van der Waals surface area contributed by atoms with Gasteiger partial charge in [-0.2, -0.15) is 0 Å². The highest BCUT2D eigenvalue weighted by molar-refractivity contribution is 6.42. The lowest BCUT2D eigenvalue weighted by Gasteiger charge is -2.16. The van der Waals surface area contributed by atoms with E-state index in [0.717, 1.165) is 11.3 Å². The molecular weight excluding hydrogens is 479 g/mol. The van der Waals surface area contributed by atoms with Crippen LogP contribution in [0.1, 0.15) is 6.92 Å². The lowest BCUT2D eigenvalue weighted by atomic mass is 10.2. The first-order valence-corrected chi connectivity index (χ1v) is 10.9. The van der Waals surface area contributed by atoms with Gasteiger partial charge in [0.25, 0.3) is 5.91 Å². The third-order valence-electron chi connectivity index (χ3n) is 4.97. The number of hydrogen-bond donors (Lipinski definition) is 1. The van der Waals surface area contributed by atoms with Crippen LogP contribution < -0.4 is 10.1 Å². The highest BCUT2D eigenvalue weighted by Gasteiger charge is 2.18. The summed E-state index contributed by atoms with van der Waals surface area (Å²) in [6, 6.07) is 17.7. The van der Waals surface area contributed by atoms with E-state index in [9.17, 15) is 4.79 Å². The van der Waals surface area contributed by atoms with Gasteiger partial charge in [-0.25, -0.2) is 9.67 Å². The van der Waals surface area contributed by atoms with Crippen LogP contribution in [0.25, 0.3) is 28.2 Å². The van der Waals surface area contributed by atoms with Gasteiger partial charge < -0.3 is 14.5 Å². The first-order chi connectivity index (χ1) is 16.5. The quantitative estimate of drug-likeness (QED) is 0.346. The maximum absolute atomic E-state index is 12.6. The van der Waals surface area contributed by atoms with Crippen LogP contribution >= 0.6 is 23.2 Å². The number of oxazole rings is 1. The summed E-state index contributed by atoms with van der Waals surface area (Å²) in [5.41, 5.74) is 3.35. The number of nitrogens with one attached hydrogen (secondary N) is 1. The van der Waals surface area contributed by atoms with E-state index in [1.54, 1.807) is 48.0 Å². The molecule has 2 aromatic heterocycles. The number of carbonyl (C=O) groups is 1. The molecule has 0 unspecified atom stereocenters. The Morgan fingerprint density at radius 1 is 1.12 bits per heavy atom. The van der Waals surface area contributed by atoms with Crippen LogP contribution in [-0.4, -0.2) is 37.2 Å². The maximum atomic E-state index is 12.6. The van der Waals surface area contributed by atoms with Gasteiger partial charge in [-0.1, -0.05) is 29.3 Å². The minimum atomic E-state index is -0.807. The molecule has 0 aliphatic rings. The molecule has 34 heavy (non-hydrogen) atoms. The van der Waals surface area contributed by atoms with Gasteiger partial charge in [-0.3, -0.25) is 4.79 Å². The van der Waals surface area contributed by atoms with Gasteiger partial charge in [-0.15, -0.1) is 5.10 Å². The smallest absolute Gasteiger partial charge is 0.265 e. The Morgan fingerprint density at radius 3 is 2.71 bits per heavy atom. The van der Waals surface area contributed by atoms with Gasteiger partial charge in [0.1, 0.15) is 22.6 Å². The van der Waals surface area contributed by atoms with Crippen molar-refractivity contribution < 1.29 is 13.9 Å². The molecule has 1 atom stereocenters. The molecule has 0 bridgehead atoms. The number of tetrazole rings is 1. The van der Waals surface area contributed by atoms with Crippen LogP contribution in [0, 0.1) is 0 Å². The fraction of sp³-hybridized carbons (Fsp3) is 0.0870. The fourth-order valence-corrected chi connectivity index (χ4v) is 3.56. The zero-order valence-corrected chi connectivity index (χ0v) is 19.2. The summed E-state index contributed by atoms with van der Waals surface area (Å²) in [6.45, 7) is 1.62. The second-order valence-corrected chi connectivity index (χ2v) is 8.09. The van der Waals surface area contributed by atoms with Crippen molar-refractivity contribution in [2.75, 3.05) is 5.32 Å². The number of halogens is 2. The van der Waals surface area contributed by atoms with Crippen LogP contribution in [0.5, 0.6) is 5.75 Å². The molecule has 2 heterocycles. The van der Waals surface area contributed by atoms with E-state index < -0.39 is 6.10 Å². The lowest BCUT2D eigenvalue weighted by molar-refractivity contribution is -0.122. The molecule has 0 aliphatic carbocycles. The van der Waals surface area contributed by atoms with Crippen LogP contribution in [-0.2, 0) is 4.79 Å². The number of nitrogens with zero attached hydrogens (tertiary/aromatic N) is 5. The number of hydrogen-bond acceptors (Lipinski definition) is 7. The van der Waals surface area contributed by atoms with Gasteiger partial charge in [0, 0.05) is 11.3 Å². The summed E-state index contributed by atoms with van der Waals surface area (Å²) in [4.78, 5) is 17.2. The lowest BCUT2D eigenvalue weighted by Crippen LogP contribution is -2.30. The van der Waals surface area contributed by atoms with Crippen molar-refractivity contribution in [1.82, 2.24) is 25.2 Å². The Hall–Kier alpha value is -3.95. The highest BCUT2D eigenvalue weighted by Crippen LogP contribution is 2.32. The molecule has 11 heteroatoms. The predicted octanol–water partition coefficient (Wildman–Crippen LogP) is 5.18. The summed E-state index contributed by atoms with van der Waals surface area (Å²) in [6.07, 6.45) is 0.706. The van der Waals surface area contributed by atoms with Crippen molar-refractivity contribution in [2.45, 2.75) is 13.0 Å². The molecule has 0 saturated carbocycles. The van der Waals surface area contributed by atoms with Gasteiger partial charge in [-0.05, 0) is 71.9 Å². The number of rotatable bonds is 6. The normalized spacial score (nSPS) is 12.0. The Bertz CT molecular complexity index is 1470. The van der Waals surface area contributed by atoms with Crippen LogP contribution in [0.2, 0.25) is 10.0 Å². The Kier molecular flexibility index (Phi) is 5.87. The topological polar surface area (TPSA) is 108 Å². The van der Waals surface area contributed by atoms with Gasteiger partial charge >= 0.3 is 0 Å². The minimum absolute atomic E-state index is 0.256. The number of benzene rings is 3. The third kappa shape index (κ3) is 4.43. The largest absolute Gasteiger partial charge is 0.479 e. The summed E-state index contributed by atoms with van der Waals surface area (Å²) >= 11 is 12.1. The number of anilines is 1. The molecule has 0 saturated heterocycles. The van der Waals surface area contributed by atoms with Crippen molar-refractivity contribution in [3.63, 3.8) is 0 Å². The zero-order valence-electron chi connectivity index (χ0n) is 17.6. The van der Waals surface area contributed by atoms with E-state index in [1.165, 1.54) is 6.33 Å². The number of fused-ring (bicyclic) bond motifs is 1. The Balaban J connectivity index is 1.30. The summed E-state index contributed by atoms with van der Waals surface area (Å²) < 4.78 is 13.1. The van der Waals surface area contributed by atoms with Gasteiger partial charge in [0.2, 0.25) is 5.89 Å². The molecule has 170 valence electrons. The molecule has 5 rings (SSSR count). The molecule has 5 aromatic rings. The number of carbonyl (C=O) groups excluding carboxylic acids is 1. The Labute approximate surface area is 203 Å². The van der Waals surface area contributed by atoms with E-state index >= 15 is 0 Å². The van der Waals surface area contributed by atoms with E-state index in [4.69, 9.17) is 32.4 Å². The summed E-state index contributed by atoms with van der Waals surface area (Å²) in [7, 11) is 0. The SMILES string of the molecule is C[C@H](Oc1cccc(Cl)c1Cl)C(=O)Nc1ccc2oc(-c3ccc(-n4cnnn4)cc3)nc2c1. The number of amides is 1. The van der Waals surface area contributed by atoms with Crippen LogP contribution in [0.3, 0.4) is 0 Å². The van der Waals surface area contributed by atoms with Gasteiger partial charge in [0.05, 0.1) is 10.7 Å². The molecule has 1 amide bonds. The average Bonchev–Trinajstić information content (AvgIpc) is 3.52. The number of ether oxygens (including phenoxy) is 1. The van der Waals surface area contributed by atoms with Crippen molar-refractivity contribution in [3.05, 3.63) is 77.0 Å². The Morgan fingerprint density at radius 2 is 1.94 bits per heavy atom. The summed E-state index contributed by atoms with van der Waals surface area (Å²) in [5, 5.41) is 14.5. The van der Waals surface area contributed by atoms with E-state index in [2.05, 4.69) is 25.8 Å². The van der Waals surface area contributed by atoms with E-state index in [0.29, 0.717) is 33.4 Å². The molecular formula is C23H16Cl2N6O3. The van der Waals surface area contributed by atoms with Crippen LogP contribution in [0.15, 0.2) is 71.4 Å². The molecule has 9 nitrogen and oxygen atoms in total. The standard InChI is InChI=1S/C23H16Cl2N6O3/c1-13(33-20-4-2-3-17(24)21(20)25)22(32)27-15-7-10-19-18(11-15)28-23(34-19)14-5-8-16(9-6-14)31-12-26-29-30-31/h2-13H,1H3,(H,27,32)/t13-/m0/s1. The summed E-state index contributed by atoms with van der Waals surface area (Å²) in [5.74, 6) is 0.436. The molecule has 0 spiro atoms. The van der Waals surface area contributed by atoms with Crippen molar-refractivity contribution in [1.29, 1.82) is 0 Å². The molecule has 0 aliphatic heterocycles. The zero-order chi connectivity index (χ0) is 23.7. The second-order valence-electron chi connectivity index (χ2n) is 7.30. The first-order valence-electron chi connectivity index (χ1n) is 10.1. The van der Waals surface area contributed by atoms with Crippen molar-refractivity contribution in [2.24, 2.45) is 0 Å². The molecule has 3 aromatic carbocycles. The predicted molar refractivity (Wildman–Crippen MR) is 127 cm³/mol. The van der Waals surface area contributed by atoms with Gasteiger partial charge in [0.15, 0.2) is 11.7 Å². The van der Waals surface area contributed by atoms with Crippen molar-refractivity contribution in [3.8, 4) is 22.9 Å². The maximum Gasteiger partial charge on any atom is 0.265 e. The molecule has 0 fully saturated rings. The fourth-order valence-electron chi connectivity index (χ4n) is 3.23. The molecule has 1 N–H and O–H groups in total. The minimum Gasteiger partial charge on any atom is -0.479 e. The monoisotopic (exact) mass is 494 g/mol. The van der Waals surface area contributed by atoms with Crippen molar-refractivity contribution >= 4 is 45.9 Å². The van der Waals surface area contributed by atoms with E-state index in [1.807, 2.05) is 24.3 Å². The second kappa shape index (κ2) is 9.12. The third-order valence-corrected chi connectivity index (χ3v) is 5.77. The van der Waals surface area contributed by atoms with E-state index in [-0.39, 0.29) is 10.9 Å². The number of aromatic nitrogens is 5. The molecule has 0 radical (unpaired) electrons. The highest BCUT2D eigenvalue weighted by atomic mass is 35.5. The van der Waals surface area contributed by atoms with Crippen LogP contribution in [0.4, 0.5) is 5.69 Å². The first kappa shape index (κ1) is 21.9.